The number of anilines is 2. The van der Waals surface area contributed by atoms with Gasteiger partial charge in [0.1, 0.15) is 0 Å². The van der Waals surface area contributed by atoms with Crippen molar-refractivity contribution in [1.82, 2.24) is 9.97 Å². The number of nitrogens with one attached hydrogen (secondary N) is 1. The molecule has 0 radical (unpaired) electrons. The van der Waals surface area contributed by atoms with Gasteiger partial charge in [-0.1, -0.05) is 109 Å². The zero-order chi connectivity index (χ0) is 26.5. The summed E-state index contributed by atoms with van der Waals surface area (Å²) >= 11 is 1.80. The van der Waals surface area contributed by atoms with E-state index in [0.717, 1.165) is 49.8 Å². The van der Waals surface area contributed by atoms with E-state index in [1.807, 2.05) is 30.3 Å². The van der Waals surface area contributed by atoms with E-state index in [4.69, 9.17) is 9.97 Å². The predicted molar refractivity (Wildman–Crippen MR) is 167 cm³/mol. The highest BCUT2D eigenvalue weighted by atomic mass is 32.2. The molecule has 7 aromatic rings. The molecule has 0 bridgehead atoms. The lowest BCUT2D eigenvalue weighted by molar-refractivity contribution is 1.28. The molecule has 8 rings (SSSR count). The minimum absolute atomic E-state index is 0.882. The zero-order valence-electron chi connectivity index (χ0n) is 21.5. The number of benzene rings is 6. The smallest absolute Gasteiger partial charge is 0.0973 e. The average molecular weight is 530 g/mol. The number of nitrogens with zero attached hydrogens (tertiary/aromatic N) is 2. The van der Waals surface area contributed by atoms with E-state index < -0.39 is 0 Å². The molecule has 1 N–H and O–H groups in total. The van der Waals surface area contributed by atoms with Crippen molar-refractivity contribution in [2.75, 3.05) is 5.32 Å². The third kappa shape index (κ3) is 3.84. The third-order valence-corrected chi connectivity index (χ3v) is 8.56. The highest BCUT2D eigenvalue weighted by Gasteiger charge is 2.19. The number of hydrogen-bond donors (Lipinski definition) is 1. The molecule has 1 aliphatic heterocycles. The van der Waals surface area contributed by atoms with Gasteiger partial charge in [0.15, 0.2) is 0 Å². The second-order valence-corrected chi connectivity index (χ2v) is 11.0. The van der Waals surface area contributed by atoms with Gasteiger partial charge in [-0.2, -0.15) is 0 Å². The monoisotopic (exact) mass is 529 g/mol. The lowest BCUT2D eigenvalue weighted by Crippen LogP contribution is -1.97. The maximum absolute atomic E-state index is 5.15. The van der Waals surface area contributed by atoms with Gasteiger partial charge >= 0.3 is 0 Å². The summed E-state index contributed by atoms with van der Waals surface area (Å²) in [6.07, 6.45) is 0. The highest BCUT2D eigenvalue weighted by Crippen LogP contribution is 2.47. The van der Waals surface area contributed by atoms with Gasteiger partial charge in [-0.15, -0.1) is 0 Å². The molecular formula is C36H23N3S. The van der Waals surface area contributed by atoms with Crippen LogP contribution in [0.5, 0.6) is 0 Å². The van der Waals surface area contributed by atoms with Gasteiger partial charge in [-0.3, -0.25) is 0 Å². The molecule has 2 heterocycles. The number of aromatic nitrogens is 2. The molecule has 0 atom stereocenters. The van der Waals surface area contributed by atoms with E-state index >= 15 is 0 Å². The van der Waals surface area contributed by atoms with Crippen LogP contribution in [0.4, 0.5) is 11.4 Å². The molecule has 3 nitrogen and oxygen atoms in total. The van der Waals surface area contributed by atoms with Crippen LogP contribution < -0.4 is 5.32 Å². The van der Waals surface area contributed by atoms with Gasteiger partial charge in [0.25, 0.3) is 0 Å². The molecule has 0 saturated heterocycles. The Hall–Kier alpha value is -4.93. The summed E-state index contributed by atoms with van der Waals surface area (Å²) < 4.78 is 0. The Balaban J connectivity index is 1.37. The van der Waals surface area contributed by atoms with E-state index in [1.165, 1.54) is 26.8 Å². The average Bonchev–Trinajstić information content (AvgIpc) is 3.07. The first-order valence-corrected chi connectivity index (χ1v) is 14.2. The maximum Gasteiger partial charge on any atom is 0.0973 e. The quantitative estimate of drug-likeness (QED) is 0.242. The molecule has 188 valence electrons. The molecule has 0 unspecified atom stereocenters. The van der Waals surface area contributed by atoms with Crippen LogP contribution >= 0.6 is 11.8 Å². The Labute approximate surface area is 236 Å². The fraction of sp³-hybridized carbons (Fsp3) is 0. The van der Waals surface area contributed by atoms with Gasteiger partial charge in [0.05, 0.1) is 28.1 Å². The Morgan fingerprint density at radius 1 is 0.475 bits per heavy atom. The van der Waals surface area contributed by atoms with E-state index in [9.17, 15) is 0 Å². The molecule has 0 saturated carbocycles. The summed E-state index contributed by atoms with van der Waals surface area (Å²) in [7, 11) is 0. The largest absolute Gasteiger partial charge is 0.354 e. The molecule has 6 aromatic carbocycles. The SMILES string of the molecule is c1ccc(-c2nc3ccccc3nc2-c2ccc3c(c2)Sc2cccc4cccc(c24)-c2ccccc2N3)cc1. The van der Waals surface area contributed by atoms with Crippen molar-refractivity contribution in [2.24, 2.45) is 0 Å². The normalized spacial score (nSPS) is 12.1. The maximum atomic E-state index is 5.15. The first kappa shape index (κ1) is 23.0. The second kappa shape index (κ2) is 9.37. The highest BCUT2D eigenvalue weighted by molar-refractivity contribution is 7.99. The van der Waals surface area contributed by atoms with Crippen LogP contribution in [-0.4, -0.2) is 9.97 Å². The number of rotatable bonds is 2. The van der Waals surface area contributed by atoms with Gasteiger partial charge in [-0.25, -0.2) is 9.97 Å². The summed E-state index contributed by atoms with van der Waals surface area (Å²) in [6, 6.07) is 46.7. The second-order valence-electron chi connectivity index (χ2n) is 9.92. The fourth-order valence-electron chi connectivity index (χ4n) is 5.56. The first-order valence-electron chi connectivity index (χ1n) is 13.3. The molecule has 1 aromatic heterocycles. The van der Waals surface area contributed by atoms with Crippen LogP contribution in [0.1, 0.15) is 0 Å². The van der Waals surface area contributed by atoms with Gasteiger partial charge in [0, 0.05) is 37.6 Å². The minimum atomic E-state index is 0.882. The van der Waals surface area contributed by atoms with Crippen molar-refractivity contribution >= 4 is 44.9 Å². The fourth-order valence-corrected chi connectivity index (χ4v) is 6.69. The van der Waals surface area contributed by atoms with Crippen LogP contribution in [0.3, 0.4) is 0 Å². The van der Waals surface area contributed by atoms with Crippen molar-refractivity contribution < 1.29 is 0 Å². The van der Waals surface area contributed by atoms with Crippen LogP contribution in [0, 0.1) is 0 Å². The minimum Gasteiger partial charge on any atom is -0.354 e. The summed E-state index contributed by atoms with van der Waals surface area (Å²) in [4.78, 5) is 12.6. The first-order chi connectivity index (χ1) is 19.8. The molecule has 4 heteroatoms. The Bertz CT molecular complexity index is 2060. The molecule has 0 amide bonds. The predicted octanol–water partition coefficient (Wildman–Crippen LogP) is 9.99. The molecular weight excluding hydrogens is 506 g/mol. The van der Waals surface area contributed by atoms with Gasteiger partial charge in [-0.05, 0) is 47.3 Å². The van der Waals surface area contributed by atoms with E-state index in [0.29, 0.717) is 0 Å². The standard InChI is InChI=1S/C36H23N3S/c1-2-10-24(11-3-1)35-36(39-30-18-7-6-17-29(30)38-35)25-20-21-31-33(22-25)40-32-19-9-13-23-12-8-15-27(34(23)32)26-14-4-5-16-28(26)37-31/h1-22,37H. The summed E-state index contributed by atoms with van der Waals surface area (Å²) in [5.41, 5.74) is 10.2. The summed E-state index contributed by atoms with van der Waals surface area (Å²) in [5.74, 6) is 0. The molecule has 0 fully saturated rings. The van der Waals surface area contributed by atoms with Crippen molar-refractivity contribution in [3.8, 4) is 33.6 Å². The number of para-hydroxylation sites is 3. The van der Waals surface area contributed by atoms with E-state index in [1.54, 1.807) is 11.8 Å². The Morgan fingerprint density at radius 3 is 1.98 bits per heavy atom. The lowest BCUT2D eigenvalue weighted by Gasteiger charge is -2.16. The van der Waals surface area contributed by atoms with Crippen LogP contribution in [0.25, 0.3) is 55.4 Å². The Kier molecular flexibility index (Phi) is 5.39. The summed E-state index contributed by atoms with van der Waals surface area (Å²) in [6.45, 7) is 0. The van der Waals surface area contributed by atoms with Crippen LogP contribution in [-0.2, 0) is 0 Å². The van der Waals surface area contributed by atoms with E-state index in [-0.39, 0.29) is 0 Å². The van der Waals surface area contributed by atoms with Crippen molar-refractivity contribution in [3.05, 3.63) is 133 Å². The van der Waals surface area contributed by atoms with Crippen LogP contribution in [0.2, 0.25) is 0 Å². The number of fused-ring (bicyclic) bond motifs is 4. The zero-order valence-corrected chi connectivity index (χ0v) is 22.3. The molecule has 0 aliphatic carbocycles. The number of hydrogen-bond acceptors (Lipinski definition) is 4. The van der Waals surface area contributed by atoms with Gasteiger partial charge in [0.2, 0.25) is 0 Å². The Morgan fingerprint density at radius 2 is 1.15 bits per heavy atom. The molecule has 0 spiro atoms. The van der Waals surface area contributed by atoms with Gasteiger partial charge < -0.3 is 5.32 Å². The van der Waals surface area contributed by atoms with Crippen molar-refractivity contribution in [1.29, 1.82) is 0 Å². The van der Waals surface area contributed by atoms with E-state index in [2.05, 4.69) is 108 Å². The lowest BCUT2D eigenvalue weighted by atomic mass is 9.97. The van der Waals surface area contributed by atoms with Crippen molar-refractivity contribution in [2.45, 2.75) is 9.79 Å². The third-order valence-electron chi connectivity index (χ3n) is 7.45. The van der Waals surface area contributed by atoms with Crippen molar-refractivity contribution in [3.63, 3.8) is 0 Å². The van der Waals surface area contributed by atoms with Crippen LogP contribution in [0.15, 0.2) is 143 Å². The topological polar surface area (TPSA) is 37.8 Å². The molecule has 40 heavy (non-hydrogen) atoms. The molecule has 1 aliphatic rings. The summed E-state index contributed by atoms with van der Waals surface area (Å²) in [5, 5.41) is 6.27.